The molecule has 0 unspecified atom stereocenters. The van der Waals surface area contributed by atoms with Gasteiger partial charge in [-0.1, -0.05) is 23.2 Å². The molecule has 6 nitrogen and oxygen atoms in total. The van der Waals surface area contributed by atoms with E-state index in [-0.39, 0.29) is 17.4 Å². The highest BCUT2D eigenvalue weighted by atomic mass is 35.5. The minimum atomic E-state index is -0.771. The Morgan fingerprint density at radius 3 is 2.55 bits per heavy atom. The largest absolute Gasteiger partial charge is 0.449 e. The van der Waals surface area contributed by atoms with Crippen molar-refractivity contribution in [3.05, 3.63) is 40.1 Å². The van der Waals surface area contributed by atoms with Crippen LogP contribution in [0.15, 0.2) is 33.7 Å². The monoisotopic (exact) mass is 312 g/mol. The zero-order chi connectivity index (χ0) is 14.9. The molecule has 2 aromatic rings. The smallest absolute Gasteiger partial charge is 0.318 e. The van der Waals surface area contributed by atoms with Crippen LogP contribution in [0.1, 0.15) is 10.6 Å². The Morgan fingerprint density at radius 2 is 1.90 bits per heavy atom. The lowest BCUT2D eigenvalue weighted by Gasteiger charge is -2.00. The van der Waals surface area contributed by atoms with E-state index in [1.807, 2.05) is 0 Å². The molecule has 0 aliphatic carbocycles. The summed E-state index contributed by atoms with van der Waals surface area (Å²) in [6, 6.07) is 6.28. The van der Waals surface area contributed by atoms with Gasteiger partial charge >= 0.3 is 5.91 Å². The van der Waals surface area contributed by atoms with E-state index in [0.29, 0.717) is 21.4 Å². The van der Waals surface area contributed by atoms with Crippen molar-refractivity contribution in [2.24, 2.45) is 16.5 Å². The molecule has 1 heterocycles. The maximum absolute atomic E-state index is 11.7. The molecule has 1 aromatic heterocycles. The van der Waals surface area contributed by atoms with Crippen LogP contribution in [-0.4, -0.2) is 11.9 Å². The van der Waals surface area contributed by atoms with Gasteiger partial charge in [-0.2, -0.15) is 4.99 Å². The number of carbonyl (C=O) groups is 1. The summed E-state index contributed by atoms with van der Waals surface area (Å²) < 4.78 is 5.36. The maximum Gasteiger partial charge on any atom is 0.318 e. The Labute approximate surface area is 124 Å². The third kappa shape index (κ3) is 2.87. The lowest BCUT2D eigenvalue weighted by Crippen LogP contribution is -2.24. The molecule has 1 aromatic carbocycles. The number of nitrogens with zero attached hydrogens (tertiary/aromatic N) is 1. The van der Waals surface area contributed by atoms with E-state index < -0.39 is 5.91 Å². The zero-order valence-corrected chi connectivity index (χ0v) is 11.6. The molecule has 0 atom stereocenters. The first kappa shape index (κ1) is 14.2. The number of anilines is 1. The average Bonchev–Trinajstić information content (AvgIpc) is 2.73. The molecule has 0 radical (unpaired) electrons. The second kappa shape index (κ2) is 5.44. The van der Waals surface area contributed by atoms with E-state index in [1.165, 1.54) is 6.07 Å². The number of benzene rings is 1. The molecule has 0 spiro atoms. The van der Waals surface area contributed by atoms with Gasteiger partial charge in [0.2, 0.25) is 5.76 Å². The van der Waals surface area contributed by atoms with E-state index in [4.69, 9.17) is 44.8 Å². The van der Waals surface area contributed by atoms with Gasteiger partial charge in [-0.15, -0.1) is 0 Å². The number of furan rings is 1. The number of rotatable bonds is 2. The van der Waals surface area contributed by atoms with Crippen molar-refractivity contribution in [2.75, 3.05) is 5.73 Å². The topological polar surface area (TPSA) is 121 Å². The number of hydrogen-bond donors (Lipinski definition) is 3. The summed E-state index contributed by atoms with van der Waals surface area (Å²) in [5, 5.41) is 0.875. The van der Waals surface area contributed by atoms with E-state index in [0.717, 1.165) is 0 Å². The highest BCUT2D eigenvalue weighted by Gasteiger charge is 2.18. The normalized spacial score (nSPS) is 10.3. The molecule has 104 valence electrons. The van der Waals surface area contributed by atoms with Crippen LogP contribution in [0.4, 0.5) is 5.69 Å². The van der Waals surface area contributed by atoms with Crippen LogP contribution in [0.2, 0.25) is 10.0 Å². The van der Waals surface area contributed by atoms with E-state index in [9.17, 15) is 4.79 Å². The maximum atomic E-state index is 11.7. The number of halogens is 2. The molecule has 20 heavy (non-hydrogen) atoms. The molecule has 0 saturated carbocycles. The Bertz CT molecular complexity index is 705. The van der Waals surface area contributed by atoms with Gasteiger partial charge in [0.05, 0.1) is 10.7 Å². The fourth-order valence-electron chi connectivity index (χ4n) is 1.56. The van der Waals surface area contributed by atoms with Crippen LogP contribution in [0.25, 0.3) is 11.3 Å². The standard InChI is InChI=1S/C12H10Cl2N4O2/c13-5-1-2-7(14)6(3-5)9-4-8(15)10(20-9)11(19)18-12(16)17/h1-4H,15H2,(H4,16,17,18,19). The molecule has 0 aliphatic heterocycles. The number of amides is 1. The van der Waals surface area contributed by atoms with Gasteiger partial charge < -0.3 is 21.6 Å². The summed E-state index contributed by atoms with van der Waals surface area (Å²) in [5.74, 6) is -1.02. The second-order valence-electron chi connectivity index (χ2n) is 3.86. The molecule has 6 N–H and O–H groups in total. The number of carbonyl (C=O) groups excluding carboxylic acids is 1. The number of guanidine groups is 1. The predicted octanol–water partition coefficient (Wildman–Crippen LogP) is 2.25. The molecular formula is C12H10Cl2N4O2. The van der Waals surface area contributed by atoms with Gasteiger partial charge in [-0.3, -0.25) is 4.79 Å². The minimum Gasteiger partial charge on any atom is -0.449 e. The zero-order valence-electron chi connectivity index (χ0n) is 10.1. The van der Waals surface area contributed by atoms with Gasteiger partial charge in [0.1, 0.15) is 5.76 Å². The fourth-order valence-corrected chi connectivity index (χ4v) is 1.94. The second-order valence-corrected chi connectivity index (χ2v) is 4.70. The summed E-state index contributed by atoms with van der Waals surface area (Å²) in [5.41, 5.74) is 16.6. The first-order valence-electron chi connectivity index (χ1n) is 5.37. The lowest BCUT2D eigenvalue weighted by molar-refractivity contribution is 0.0978. The Hall–Kier alpha value is -2.18. The average molecular weight is 313 g/mol. The molecule has 0 aliphatic rings. The molecule has 0 fully saturated rings. The Kier molecular flexibility index (Phi) is 3.87. The Balaban J connectivity index is 2.49. The van der Waals surface area contributed by atoms with Gasteiger partial charge in [0, 0.05) is 16.7 Å². The van der Waals surface area contributed by atoms with Crippen molar-refractivity contribution < 1.29 is 9.21 Å². The minimum absolute atomic E-state index is 0.103. The van der Waals surface area contributed by atoms with Crippen molar-refractivity contribution >= 4 is 40.8 Å². The molecule has 0 saturated heterocycles. The third-order valence-electron chi connectivity index (χ3n) is 2.38. The highest BCUT2D eigenvalue weighted by Crippen LogP contribution is 2.34. The van der Waals surface area contributed by atoms with Gasteiger partial charge in [0.25, 0.3) is 0 Å². The molecule has 0 bridgehead atoms. The number of hydrogen-bond acceptors (Lipinski definition) is 3. The lowest BCUT2D eigenvalue weighted by atomic mass is 10.2. The summed E-state index contributed by atoms with van der Waals surface area (Å²) in [4.78, 5) is 15.0. The van der Waals surface area contributed by atoms with Crippen LogP contribution in [0.5, 0.6) is 0 Å². The van der Waals surface area contributed by atoms with Crippen molar-refractivity contribution in [3.63, 3.8) is 0 Å². The van der Waals surface area contributed by atoms with Gasteiger partial charge in [-0.05, 0) is 18.2 Å². The molecule has 2 rings (SSSR count). The van der Waals surface area contributed by atoms with Crippen LogP contribution < -0.4 is 17.2 Å². The molecule has 8 heteroatoms. The summed E-state index contributed by atoms with van der Waals surface area (Å²) in [6.07, 6.45) is 0. The van der Waals surface area contributed by atoms with Crippen molar-refractivity contribution in [3.8, 4) is 11.3 Å². The Morgan fingerprint density at radius 1 is 1.20 bits per heavy atom. The van der Waals surface area contributed by atoms with Gasteiger partial charge in [0.15, 0.2) is 5.96 Å². The fraction of sp³-hybridized carbons (Fsp3) is 0. The van der Waals surface area contributed by atoms with E-state index >= 15 is 0 Å². The summed E-state index contributed by atoms with van der Waals surface area (Å²) in [6.45, 7) is 0. The third-order valence-corrected chi connectivity index (χ3v) is 2.94. The SMILES string of the molecule is NC(N)=NC(=O)c1oc(-c2cc(Cl)ccc2Cl)cc1N. The van der Waals surface area contributed by atoms with Crippen molar-refractivity contribution in [2.45, 2.75) is 0 Å². The first-order valence-corrected chi connectivity index (χ1v) is 6.12. The predicted molar refractivity (Wildman–Crippen MR) is 78.7 cm³/mol. The summed E-state index contributed by atoms with van der Waals surface area (Å²) >= 11 is 11.9. The van der Waals surface area contributed by atoms with Crippen LogP contribution in [-0.2, 0) is 0 Å². The molecule has 1 amide bonds. The van der Waals surface area contributed by atoms with Crippen LogP contribution >= 0.6 is 23.2 Å². The quantitative estimate of drug-likeness (QED) is 0.580. The number of nitrogen functional groups attached to an aromatic ring is 1. The molecular weight excluding hydrogens is 303 g/mol. The number of aliphatic imine (C=N–C) groups is 1. The first-order chi connectivity index (χ1) is 9.38. The number of nitrogens with two attached hydrogens (primary N) is 3. The summed E-state index contributed by atoms with van der Waals surface area (Å²) in [7, 11) is 0. The van der Waals surface area contributed by atoms with Crippen molar-refractivity contribution in [1.82, 2.24) is 0 Å². The van der Waals surface area contributed by atoms with Crippen LogP contribution in [0, 0.1) is 0 Å². The highest BCUT2D eigenvalue weighted by molar-refractivity contribution is 6.35. The van der Waals surface area contributed by atoms with Crippen molar-refractivity contribution in [1.29, 1.82) is 0 Å². The van der Waals surface area contributed by atoms with E-state index in [1.54, 1.807) is 18.2 Å². The van der Waals surface area contributed by atoms with E-state index in [2.05, 4.69) is 4.99 Å². The van der Waals surface area contributed by atoms with Gasteiger partial charge in [-0.25, -0.2) is 0 Å². The van der Waals surface area contributed by atoms with Crippen LogP contribution in [0.3, 0.4) is 0 Å².